The highest BCUT2D eigenvalue weighted by molar-refractivity contribution is 5.81. The number of aliphatic carboxylic acids is 1. The van der Waals surface area contributed by atoms with E-state index in [1.54, 1.807) is 0 Å². The average molecular weight is 485 g/mol. The fourth-order valence-electron chi connectivity index (χ4n) is 4.49. The van der Waals surface area contributed by atoms with Gasteiger partial charge in [-0.2, -0.15) is 0 Å². The van der Waals surface area contributed by atoms with E-state index < -0.39 is 30.2 Å². The van der Waals surface area contributed by atoms with Crippen molar-refractivity contribution in [3.8, 4) is 11.1 Å². The van der Waals surface area contributed by atoms with Crippen molar-refractivity contribution in [2.45, 2.75) is 24.5 Å². The van der Waals surface area contributed by atoms with Crippen molar-refractivity contribution >= 4 is 18.0 Å². The van der Waals surface area contributed by atoms with Gasteiger partial charge in [0.2, 0.25) is 6.10 Å². The van der Waals surface area contributed by atoms with Gasteiger partial charge < -0.3 is 24.6 Å². The van der Waals surface area contributed by atoms with Gasteiger partial charge >= 0.3 is 12.1 Å². The highest BCUT2D eigenvalue weighted by Crippen LogP contribution is 2.44. The molecule has 1 aliphatic heterocycles. The van der Waals surface area contributed by atoms with Gasteiger partial charge in [-0.25, -0.2) is 15.1 Å². The molecule has 1 unspecified atom stereocenters. The Labute approximate surface area is 202 Å². The Kier molecular flexibility index (Phi) is 7.96. The zero-order valence-electron chi connectivity index (χ0n) is 19.3. The first-order valence-corrected chi connectivity index (χ1v) is 11.4. The molecule has 2 aromatic carbocycles. The van der Waals surface area contributed by atoms with Crippen LogP contribution in [0.1, 0.15) is 23.5 Å². The van der Waals surface area contributed by atoms with Crippen LogP contribution in [0.25, 0.3) is 11.1 Å². The molecule has 1 fully saturated rings. The molecule has 1 aliphatic carbocycles. The van der Waals surface area contributed by atoms with E-state index in [-0.39, 0.29) is 31.6 Å². The van der Waals surface area contributed by atoms with E-state index in [1.807, 2.05) is 36.4 Å². The van der Waals surface area contributed by atoms with E-state index in [9.17, 15) is 14.4 Å². The summed E-state index contributed by atoms with van der Waals surface area (Å²) >= 11 is 0. The molecule has 0 bridgehead atoms. The van der Waals surface area contributed by atoms with E-state index in [0.29, 0.717) is 13.0 Å². The van der Waals surface area contributed by atoms with Gasteiger partial charge in [0.1, 0.15) is 12.7 Å². The number of methoxy groups -OCH3 is 1. The van der Waals surface area contributed by atoms with Crippen LogP contribution >= 0.6 is 0 Å². The molecule has 4 rings (SSSR count). The van der Waals surface area contributed by atoms with Crippen molar-refractivity contribution in [1.29, 1.82) is 0 Å². The van der Waals surface area contributed by atoms with Crippen molar-refractivity contribution < 1.29 is 38.5 Å². The fourth-order valence-corrected chi connectivity index (χ4v) is 4.49. The average Bonchev–Trinajstić information content (AvgIpc) is 3.46. The van der Waals surface area contributed by atoms with Crippen LogP contribution in [0.15, 0.2) is 48.5 Å². The van der Waals surface area contributed by atoms with Crippen LogP contribution in [0.5, 0.6) is 0 Å². The number of benzene rings is 2. The maximum absolute atomic E-state index is 12.4. The predicted molar refractivity (Wildman–Crippen MR) is 123 cm³/mol. The molecule has 1 saturated heterocycles. The molecule has 35 heavy (non-hydrogen) atoms. The van der Waals surface area contributed by atoms with Crippen LogP contribution in [-0.4, -0.2) is 68.8 Å². The summed E-state index contributed by atoms with van der Waals surface area (Å²) in [7, 11) is 1.33. The highest BCUT2D eigenvalue weighted by atomic mass is 16.7. The molecular weight excluding hydrogens is 456 g/mol. The number of rotatable bonds is 10. The molecule has 2 aromatic rings. The van der Waals surface area contributed by atoms with Crippen molar-refractivity contribution in [1.82, 2.24) is 10.8 Å². The summed E-state index contributed by atoms with van der Waals surface area (Å²) in [5.41, 5.74) is 6.65. The fraction of sp³-hybridized carbons (Fsp3) is 0.400. The van der Waals surface area contributed by atoms with Gasteiger partial charge in [0.25, 0.3) is 5.91 Å². The van der Waals surface area contributed by atoms with E-state index >= 15 is 0 Å². The molecule has 2 aliphatic rings. The van der Waals surface area contributed by atoms with Gasteiger partial charge in [-0.05, 0) is 28.7 Å². The highest BCUT2D eigenvalue weighted by Gasteiger charge is 2.36. The number of carboxylic acid groups (broad SMARTS) is 1. The Bertz CT molecular complexity index is 1030. The SMILES string of the molecule is COCC(ONC(=O)[C@H]1OCC[C@H]1CNC(=O)OCC1c2ccccc2-c2ccccc21)C(=O)O. The lowest BCUT2D eigenvalue weighted by atomic mass is 9.98. The normalized spacial score (nSPS) is 19.5. The molecule has 2 amide bonds. The van der Waals surface area contributed by atoms with Crippen molar-refractivity contribution in [3.05, 3.63) is 59.7 Å². The molecule has 1 heterocycles. The lowest BCUT2D eigenvalue weighted by Crippen LogP contribution is -2.45. The van der Waals surface area contributed by atoms with Crippen LogP contribution in [0.2, 0.25) is 0 Å². The Hall–Kier alpha value is -3.47. The molecule has 0 radical (unpaired) electrons. The number of hydrogen-bond donors (Lipinski definition) is 3. The second-order valence-electron chi connectivity index (χ2n) is 8.41. The zero-order valence-corrected chi connectivity index (χ0v) is 19.3. The number of hydroxylamine groups is 1. The smallest absolute Gasteiger partial charge is 0.407 e. The first-order valence-electron chi connectivity index (χ1n) is 11.4. The van der Waals surface area contributed by atoms with E-state index in [4.69, 9.17) is 24.2 Å². The number of amides is 2. The topological polar surface area (TPSA) is 132 Å². The molecule has 0 spiro atoms. The van der Waals surface area contributed by atoms with Crippen LogP contribution in [-0.2, 0) is 28.6 Å². The Morgan fingerprint density at radius 1 is 1.09 bits per heavy atom. The second kappa shape index (κ2) is 11.3. The Morgan fingerprint density at radius 2 is 1.74 bits per heavy atom. The summed E-state index contributed by atoms with van der Waals surface area (Å²) in [4.78, 5) is 40.9. The molecule has 186 valence electrons. The summed E-state index contributed by atoms with van der Waals surface area (Å²) in [6.07, 6.45) is -2.27. The molecule has 10 heteroatoms. The number of carboxylic acids is 1. The molecular formula is C25H28N2O8. The number of ether oxygens (including phenoxy) is 3. The van der Waals surface area contributed by atoms with Crippen molar-refractivity contribution in [3.63, 3.8) is 0 Å². The van der Waals surface area contributed by atoms with E-state index in [1.165, 1.54) is 7.11 Å². The quantitative estimate of drug-likeness (QED) is 0.437. The number of fused-ring (bicyclic) bond motifs is 3. The summed E-state index contributed by atoms with van der Waals surface area (Å²) in [5, 5.41) is 11.8. The van der Waals surface area contributed by atoms with Gasteiger partial charge in [-0.15, -0.1) is 0 Å². The molecule has 0 aromatic heterocycles. The van der Waals surface area contributed by atoms with Gasteiger partial charge in [-0.1, -0.05) is 48.5 Å². The minimum atomic E-state index is -1.34. The number of alkyl carbamates (subject to hydrolysis) is 1. The third kappa shape index (κ3) is 5.61. The standard InChI is InChI=1S/C25H28N2O8/c1-32-14-21(24(29)30)35-27-23(28)22-15(10-11-33-22)12-26-25(31)34-13-20-18-8-4-2-6-16(18)17-7-3-5-9-19(17)20/h2-9,15,20-22H,10-14H2,1H3,(H,26,31)(H,27,28)(H,29,30)/t15-,21?,22-/m0/s1. The minimum Gasteiger partial charge on any atom is -0.479 e. The number of carbonyl (C=O) groups is 3. The first kappa shape index (κ1) is 24.6. The molecule has 3 N–H and O–H groups in total. The van der Waals surface area contributed by atoms with Gasteiger partial charge in [-0.3, -0.25) is 9.63 Å². The van der Waals surface area contributed by atoms with Gasteiger partial charge in [0, 0.05) is 32.1 Å². The summed E-state index contributed by atoms with van der Waals surface area (Å²) < 4.78 is 15.8. The summed E-state index contributed by atoms with van der Waals surface area (Å²) in [6.45, 7) is 0.452. The summed E-state index contributed by atoms with van der Waals surface area (Å²) in [5.74, 6) is -2.25. The molecule has 3 atom stereocenters. The second-order valence-corrected chi connectivity index (χ2v) is 8.41. The molecule has 10 nitrogen and oxygen atoms in total. The monoisotopic (exact) mass is 484 g/mol. The Morgan fingerprint density at radius 3 is 2.37 bits per heavy atom. The van der Waals surface area contributed by atoms with Crippen molar-refractivity contribution in [2.24, 2.45) is 5.92 Å². The van der Waals surface area contributed by atoms with Crippen LogP contribution in [0.3, 0.4) is 0 Å². The van der Waals surface area contributed by atoms with Crippen LogP contribution < -0.4 is 10.8 Å². The predicted octanol–water partition coefficient (Wildman–Crippen LogP) is 2.08. The lowest BCUT2D eigenvalue weighted by Gasteiger charge is -2.20. The lowest BCUT2D eigenvalue weighted by molar-refractivity contribution is -0.168. The van der Waals surface area contributed by atoms with Crippen LogP contribution in [0, 0.1) is 5.92 Å². The van der Waals surface area contributed by atoms with Crippen LogP contribution in [0.4, 0.5) is 4.79 Å². The maximum atomic E-state index is 12.4. The number of carbonyl (C=O) groups excluding carboxylic acids is 2. The van der Waals surface area contributed by atoms with E-state index in [2.05, 4.69) is 22.9 Å². The number of nitrogens with one attached hydrogen (secondary N) is 2. The third-order valence-corrected chi connectivity index (χ3v) is 6.22. The summed E-state index contributed by atoms with van der Waals surface area (Å²) in [6, 6.07) is 16.2. The first-order chi connectivity index (χ1) is 17.0. The molecule has 0 saturated carbocycles. The minimum absolute atomic E-state index is 0.0482. The maximum Gasteiger partial charge on any atom is 0.407 e. The third-order valence-electron chi connectivity index (χ3n) is 6.22. The van der Waals surface area contributed by atoms with E-state index in [0.717, 1.165) is 22.3 Å². The van der Waals surface area contributed by atoms with Gasteiger partial charge in [0.05, 0.1) is 6.61 Å². The van der Waals surface area contributed by atoms with Gasteiger partial charge in [0.15, 0.2) is 0 Å². The zero-order chi connectivity index (χ0) is 24.8. The largest absolute Gasteiger partial charge is 0.479 e. The van der Waals surface area contributed by atoms with Crippen molar-refractivity contribution in [2.75, 3.05) is 33.5 Å². The Balaban J connectivity index is 1.27. The number of hydrogen-bond acceptors (Lipinski definition) is 7.